The number of hydrogen-bond donors (Lipinski definition) is 0. The molecule has 5 heterocycles. The zero-order valence-electron chi connectivity index (χ0n) is 17.8. The van der Waals surface area contributed by atoms with Crippen molar-refractivity contribution in [2.75, 3.05) is 0 Å². The molecule has 0 amide bonds. The van der Waals surface area contributed by atoms with Crippen LogP contribution in [0.15, 0.2) is 35.4 Å². The Kier molecular flexibility index (Phi) is 4.22. The zero-order valence-corrected chi connectivity index (χ0v) is 17.8. The van der Waals surface area contributed by atoms with Gasteiger partial charge >= 0.3 is 0 Å². The average molecular weight is 392 g/mol. The molecule has 3 aliphatic heterocycles. The van der Waals surface area contributed by atoms with Crippen molar-refractivity contribution in [3.63, 3.8) is 0 Å². The highest BCUT2D eigenvalue weighted by Gasteiger charge is 2.54. The first-order chi connectivity index (χ1) is 14.1. The van der Waals surface area contributed by atoms with Gasteiger partial charge in [0.25, 0.3) is 0 Å². The Balaban J connectivity index is 1.78. The van der Waals surface area contributed by atoms with Crippen LogP contribution >= 0.6 is 0 Å². The second-order valence-corrected chi connectivity index (χ2v) is 8.23. The summed E-state index contributed by atoms with van der Waals surface area (Å²) in [6, 6.07) is 0.468. The maximum Gasteiger partial charge on any atom is 0.163 e. The van der Waals surface area contributed by atoms with E-state index >= 15 is 0 Å². The standard InChI is InChI=1S/C22H29N7/c1-5-16-8-9-18-20(25-19(16)27-13-12-23-15(27)4)29-17(6-2)10-11-22(29,7-3)21-26-24-14-28(18)21/h9,12-14,17H,5-8,10-11H2,1-4H3. The molecule has 7 heteroatoms. The minimum absolute atomic E-state index is 0.126. The molecule has 152 valence electrons. The van der Waals surface area contributed by atoms with E-state index in [0.717, 1.165) is 67.5 Å². The summed E-state index contributed by atoms with van der Waals surface area (Å²) in [4.78, 5) is 12.4. The first-order valence-corrected chi connectivity index (χ1v) is 10.9. The van der Waals surface area contributed by atoms with Gasteiger partial charge in [-0.1, -0.05) is 26.8 Å². The van der Waals surface area contributed by atoms with E-state index in [4.69, 9.17) is 4.99 Å². The smallest absolute Gasteiger partial charge is 0.163 e. The Morgan fingerprint density at radius 1 is 1.21 bits per heavy atom. The summed E-state index contributed by atoms with van der Waals surface area (Å²) in [5.41, 5.74) is 2.32. The van der Waals surface area contributed by atoms with Crippen molar-refractivity contribution in [3.05, 3.63) is 42.0 Å². The van der Waals surface area contributed by atoms with Crippen molar-refractivity contribution >= 4 is 17.4 Å². The average Bonchev–Trinajstić information content (AvgIpc) is 3.44. The SMILES string of the molecule is CCC1=C(n2ccnc2C)N=C2C(=CC1)n1cnnc1C1(CC)CCC(CC)N21. The van der Waals surface area contributed by atoms with Crippen molar-refractivity contribution < 1.29 is 0 Å². The number of aryl methyl sites for hydroxylation is 1. The van der Waals surface area contributed by atoms with E-state index in [0.29, 0.717) is 6.04 Å². The van der Waals surface area contributed by atoms with Gasteiger partial charge in [0, 0.05) is 18.4 Å². The monoisotopic (exact) mass is 391 g/mol. The minimum Gasteiger partial charge on any atom is -0.339 e. The third-order valence-corrected chi connectivity index (χ3v) is 7.00. The van der Waals surface area contributed by atoms with Crippen LogP contribution in [-0.2, 0) is 5.54 Å². The number of allylic oxidation sites excluding steroid dienone is 2. The van der Waals surface area contributed by atoms with E-state index < -0.39 is 0 Å². The number of amidine groups is 1. The van der Waals surface area contributed by atoms with E-state index in [9.17, 15) is 0 Å². The lowest BCUT2D eigenvalue weighted by atomic mass is 9.89. The molecule has 0 bridgehead atoms. The summed E-state index contributed by atoms with van der Waals surface area (Å²) in [6.07, 6.45) is 14.2. The van der Waals surface area contributed by atoms with Gasteiger partial charge < -0.3 is 4.90 Å². The summed E-state index contributed by atoms with van der Waals surface area (Å²) in [7, 11) is 0. The number of fused-ring (bicyclic) bond motifs is 6. The Morgan fingerprint density at radius 3 is 2.76 bits per heavy atom. The summed E-state index contributed by atoms with van der Waals surface area (Å²) in [5.74, 6) is 4.12. The third kappa shape index (κ3) is 2.42. The van der Waals surface area contributed by atoms with E-state index in [-0.39, 0.29) is 5.54 Å². The number of aliphatic imine (C=N–C) groups is 1. The highest BCUT2D eigenvalue weighted by molar-refractivity contribution is 6.20. The van der Waals surface area contributed by atoms with Gasteiger partial charge in [-0.2, -0.15) is 0 Å². The lowest BCUT2D eigenvalue weighted by molar-refractivity contribution is 0.162. The Morgan fingerprint density at radius 2 is 2.07 bits per heavy atom. The first kappa shape index (κ1) is 18.3. The maximum absolute atomic E-state index is 5.37. The summed E-state index contributed by atoms with van der Waals surface area (Å²) in [5, 5.41) is 8.92. The third-order valence-electron chi connectivity index (χ3n) is 7.00. The number of nitrogens with zero attached hydrogens (tertiary/aromatic N) is 7. The fourth-order valence-corrected chi connectivity index (χ4v) is 5.37. The number of hydrogen-bond acceptors (Lipinski definition) is 5. The van der Waals surface area contributed by atoms with Crippen molar-refractivity contribution in [2.24, 2.45) is 4.99 Å². The van der Waals surface area contributed by atoms with Crippen LogP contribution in [0.5, 0.6) is 0 Å². The molecule has 2 aromatic rings. The Hall–Kier alpha value is -2.70. The molecule has 1 fully saturated rings. The Labute approximate surface area is 171 Å². The summed E-state index contributed by atoms with van der Waals surface area (Å²) < 4.78 is 4.32. The molecule has 0 radical (unpaired) electrons. The van der Waals surface area contributed by atoms with Crippen molar-refractivity contribution in [1.29, 1.82) is 0 Å². The van der Waals surface area contributed by atoms with Crippen LogP contribution in [0.4, 0.5) is 0 Å². The molecular weight excluding hydrogens is 362 g/mol. The van der Waals surface area contributed by atoms with Gasteiger partial charge in [0.2, 0.25) is 0 Å². The van der Waals surface area contributed by atoms with Gasteiger partial charge in [-0.05, 0) is 51.0 Å². The lowest BCUT2D eigenvalue weighted by Gasteiger charge is -2.46. The maximum atomic E-state index is 5.37. The van der Waals surface area contributed by atoms with Crippen LogP contribution in [0.25, 0.3) is 11.5 Å². The van der Waals surface area contributed by atoms with E-state index in [1.54, 1.807) is 0 Å². The number of imidazole rings is 1. The molecule has 2 atom stereocenters. The van der Waals surface area contributed by atoms with E-state index in [2.05, 4.69) is 56.1 Å². The fourth-order valence-electron chi connectivity index (χ4n) is 5.37. The first-order valence-electron chi connectivity index (χ1n) is 10.9. The number of aromatic nitrogens is 5. The predicted octanol–water partition coefficient (Wildman–Crippen LogP) is 4.20. The second-order valence-electron chi connectivity index (χ2n) is 8.23. The molecule has 0 spiro atoms. The van der Waals surface area contributed by atoms with E-state index in [1.807, 2.05) is 25.6 Å². The van der Waals surface area contributed by atoms with Crippen LogP contribution in [0.2, 0.25) is 0 Å². The van der Waals surface area contributed by atoms with Gasteiger partial charge in [-0.25, -0.2) is 9.98 Å². The molecule has 1 saturated heterocycles. The molecule has 0 saturated carbocycles. The second kappa shape index (κ2) is 6.68. The zero-order chi connectivity index (χ0) is 20.2. The molecule has 0 N–H and O–H groups in total. The molecular formula is C22H29N7. The largest absolute Gasteiger partial charge is 0.339 e. The lowest BCUT2D eigenvalue weighted by Crippen LogP contribution is -2.54. The molecule has 29 heavy (non-hydrogen) atoms. The molecule has 2 unspecified atom stereocenters. The van der Waals surface area contributed by atoms with Crippen LogP contribution in [0.3, 0.4) is 0 Å². The molecule has 0 aliphatic carbocycles. The minimum atomic E-state index is -0.126. The van der Waals surface area contributed by atoms with Gasteiger partial charge in [-0.3, -0.25) is 9.13 Å². The summed E-state index contributed by atoms with van der Waals surface area (Å²) >= 11 is 0. The van der Waals surface area contributed by atoms with Gasteiger partial charge in [-0.15, -0.1) is 10.2 Å². The van der Waals surface area contributed by atoms with E-state index in [1.165, 1.54) is 5.57 Å². The van der Waals surface area contributed by atoms with Crippen molar-refractivity contribution in [3.8, 4) is 0 Å². The predicted molar refractivity (Wildman–Crippen MR) is 114 cm³/mol. The van der Waals surface area contributed by atoms with Crippen LogP contribution in [-0.4, -0.2) is 41.1 Å². The van der Waals surface area contributed by atoms with Crippen LogP contribution in [0.1, 0.15) is 70.9 Å². The van der Waals surface area contributed by atoms with Crippen molar-refractivity contribution in [1.82, 2.24) is 29.2 Å². The van der Waals surface area contributed by atoms with Gasteiger partial charge in [0.1, 0.15) is 23.5 Å². The fraction of sp³-hybridized carbons (Fsp3) is 0.545. The molecule has 3 aliphatic rings. The molecule has 5 rings (SSSR count). The van der Waals surface area contributed by atoms with Gasteiger partial charge in [0.05, 0.1) is 5.70 Å². The van der Waals surface area contributed by atoms with Gasteiger partial charge in [0.15, 0.2) is 11.7 Å². The molecule has 2 aromatic heterocycles. The highest BCUT2D eigenvalue weighted by Crippen LogP contribution is 2.50. The van der Waals surface area contributed by atoms with Crippen LogP contribution in [0, 0.1) is 6.92 Å². The Bertz CT molecular complexity index is 1040. The normalized spacial score (nSPS) is 25.9. The van der Waals surface area contributed by atoms with Crippen molar-refractivity contribution in [2.45, 2.75) is 77.8 Å². The highest BCUT2D eigenvalue weighted by atomic mass is 15.4. The molecule has 0 aromatic carbocycles. The quantitative estimate of drug-likeness (QED) is 0.784. The summed E-state index contributed by atoms with van der Waals surface area (Å²) in [6.45, 7) is 8.80. The number of rotatable bonds is 4. The van der Waals surface area contributed by atoms with Crippen LogP contribution < -0.4 is 0 Å². The topological polar surface area (TPSA) is 64.1 Å². The molecule has 7 nitrogen and oxygen atoms in total.